The highest BCUT2D eigenvalue weighted by Gasteiger charge is 2.56. The Morgan fingerprint density at radius 2 is 1.65 bits per heavy atom. The van der Waals surface area contributed by atoms with Crippen LogP contribution in [0.2, 0.25) is 0 Å². The molecular formula is C39H46N2O5. The maximum atomic E-state index is 14.0. The molecule has 242 valence electrons. The number of aliphatic hydroxyl groups is 2. The normalized spacial score (nSPS) is 23.8. The molecule has 0 spiro atoms. The number of allylic oxidation sites excluding steroid dienone is 2. The van der Waals surface area contributed by atoms with Gasteiger partial charge < -0.3 is 15.3 Å². The minimum Gasteiger partial charge on any atom is -0.507 e. The summed E-state index contributed by atoms with van der Waals surface area (Å²) in [7, 11) is 0. The van der Waals surface area contributed by atoms with Crippen LogP contribution >= 0.6 is 0 Å². The number of phenols is 1. The van der Waals surface area contributed by atoms with Crippen LogP contribution in [0.3, 0.4) is 0 Å². The Labute approximate surface area is 271 Å². The second kappa shape index (κ2) is 13.9. The summed E-state index contributed by atoms with van der Waals surface area (Å²) in [6.45, 7) is 6.27. The van der Waals surface area contributed by atoms with E-state index >= 15 is 0 Å². The molecule has 2 amide bonds. The molecule has 7 heteroatoms. The maximum absolute atomic E-state index is 14.0. The van der Waals surface area contributed by atoms with Crippen molar-refractivity contribution in [3.05, 3.63) is 94.6 Å². The highest BCUT2D eigenvalue weighted by atomic mass is 16.3. The minimum absolute atomic E-state index is 0.111. The third-order valence-electron chi connectivity index (χ3n) is 10.6. The Bertz CT molecular complexity index is 1640. The standard InChI is InChI=1S/C39H46N2O5/c1-3-26(22-28-14-16-34(43)31-12-8-7-11-30(28)31)13-15-35(44)36-25(2)21-32-37(33(36)24-42)39(46)41(38(32)45)29-17-19-40(20-18-29)23-27-9-5-4-6-10-27/h4-12,14,16,22,29,32-33,35,37,42-44H,3,13,15,17-21,23-24H2,1-2H3/b26-22+/t32-,33+,35-,37-/m1/s1. The van der Waals surface area contributed by atoms with Crippen LogP contribution in [0.5, 0.6) is 5.75 Å². The maximum Gasteiger partial charge on any atom is 0.234 e. The van der Waals surface area contributed by atoms with Crippen molar-refractivity contribution in [2.24, 2.45) is 17.8 Å². The van der Waals surface area contributed by atoms with Gasteiger partial charge in [0.15, 0.2) is 0 Å². The summed E-state index contributed by atoms with van der Waals surface area (Å²) in [4.78, 5) is 31.6. The van der Waals surface area contributed by atoms with Crippen LogP contribution in [0, 0.1) is 17.8 Å². The lowest BCUT2D eigenvalue weighted by Crippen LogP contribution is -2.47. The smallest absolute Gasteiger partial charge is 0.234 e. The predicted octanol–water partition coefficient (Wildman–Crippen LogP) is 6.07. The van der Waals surface area contributed by atoms with E-state index in [0.29, 0.717) is 19.3 Å². The summed E-state index contributed by atoms with van der Waals surface area (Å²) < 4.78 is 0. The number of piperidine rings is 1. The highest BCUT2D eigenvalue weighted by molar-refractivity contribution is 6.06. The van der Waals surface area contributed by atoms with E-state index in [1.54, 1.807) is 6.07 Å². The van der Waals surface area contributed by atoms with Crippen molar-refractivity contribution in [1.29, 1.82) is 0 Å². The van der Waals surface area contributed by atoms with Crippen LogP contribution in [0.25, 0.3) is 16.8 Å². The fourth-order valence-electron chi connectivity index (χ4n) is 8.16. The van der Waals surface area contributed by atoms with Crippen LogP contribution in [0.1, 0.15) is 63.5 Å². The van der Waals surface area contributed by atoms with Gasteiger partial charge in [0.2, 0.25) is 11.8 Å². The first-order chi connectivity index (χ1) is 22.3. The molecule has 0 aromatic heterocycles. The topological polar surface area (TPSA) is 101 Å². The van der Waals surface area contributed by atoms with Crippen molar-refractivity contribution >= 4 is 28.7 Å². The summed E-state index contributed by atoms with van der Waals surface area (Å²) in [6.07, 6.45) is 5.17. The second-order valence-corrected chi connectivity index (χ2v) is 13.3. The number of amides is 2. The lowest BCUT2D eigenvalue weighted by Gasteiger charge is -2.36. The van der Waals surface area contributed by atoms with Crippen molar-refractivity contribution in [3.63, 3.8) is 0 Å². The quantitative estimate of drug-likeness (QED) is 0.187. The number of fused-ring (bicyclic) bond motifs is 2. The van der Waals surface area contributed by atoms with Crippen molar-refractivity contribution in [1.82, 2.24) is 9.80 Å². The minimum atomic E-state index is -0.817. The van der Waals surface area contributed by atoms with Gasteiger partial charge in [0.05, 0.1) is 24.5 Å². The molecule has 0 unspecified atom stereocenters. The molecule has 4 atom stereocenters. The van der Waals surface area contributed by atoms with E-state index in [1.807, 2.05) is 55.5 Å². The first-order valence-electron chi connectivity index (χ1n) is 16.8. The lowest BCUT2D eigenvalue weighted by atomic mass is 9.68. The van der Waals surface area contributed by atoms with Gasteiger partial charge in [-0.3, -0.25) is 19.4 Å². The molecule has 7 nitrogen and oxygen atoms in total. The number of benzene rings is 3. The van der Waals surface area contributed by atoms with Crippen LogP contribution in [0.15, 0.2) is 83.4 Å². The molecule has 1 aliphatic carbocycles. The number of imide groups is 1. The fraction of sp³-hybridized carbons (Fsp3) is 0.436. The molecule has 2 saturated heterocycles. The number of hydrogen-bond donors (Lipinski definition) is 3. The number of phenolic OH excluding ortho intramolecular Hbond substituents is 1. The van der Waals surface area contributed by atoms with E-state index in [4.69, 9.17) is 0 Å². The summed E-state index contributed by atoms with van der Waals surface area (Å²) in [5.41, 5.74) is 5.09. The van der Waals surface area contributed by atoms with Gasteiger partial charge in [-0.15, -0.1) is 0 Å². The Kier molecular flexibility index (Phi) is 9.73. The molecule has 3 aromatic carbocycles. The number of carbonyl (C=O) groups is 2. The Morgan fingerprint density at radius 1 is 0.957 bits per heavy atom. The molecular weight excluding hydrogens is 576 g/mol. The zero-order chi connectivity index (χ0) is 32.4. The summed E-state index contributed by atoms with van der Waals surface area (Å²) >= 11 is 0. The SMILES string of the molecule is CC/C(=C\c1ccc(O)c2ccccc12)CC[C@@H](O)C1=C(C)C[C@H]2C(=O)N(C3CCN(Cc4ccccc4)CC3)C(=O)[C@H]2[C@H]1CO. The number of hydrogen-bond acceptors (Lipinski definition) is 6. The molecule has 0 radical (unpaired) electrons. The molecule has 0 bridgehead atoms. The van der Waals surface area contributed by atoms with E-state index < -0.39 is 23.9 Å². The third kappa shape index (κ3) is 6.28. The van der Waals surface area contributed by atoms with Gasteiger partial charge in [-0.05, 0) is 73.6 Å². The summed E-state index contributed by atoms with van der Waals surface area (Å²) in [6, 6.07) is 21.6. The van der Waals surface area contributed by atoms with Gasteiger partial charge >= 0.3 is 0 Å². The molecule has 3 aromatic rings. The molecule has 6 rings (SSSR count). The Morgan fingerprint density at radius 3 is 2.35 bits per heavy atom. The van der Waals surface area contributed by atoms with Gasteiger partial charge in [0.1, 0.15) is 5.75 Å². The average Bonchev–Trinajstić information content (AvgIpc) is 3.32. The fourth-order valence-corrected chi connectivity index (χ4v) is 8.16. The summed E-state index contributed by atoms with van der Waals surface area (Å²) in [5.74, 6) is -1.71. The largest absolute Gasteiger partial charge is 0.507 e. The molecule has 2 heterocycles. The molecule has 2 aliphatic heterocycles. The zero-order valence-electron chi connectivity index (χ0n) is 26.9. The molecule has 3 aliphatic rings. The highest BCUT2D eigenvalue weighted by Crippen LogP contribution is 2.47. The van der Waals surface area contributed by atoms with Crippen LogP contribution in [-0.4, -0.2) is 68.8 Å². The predicted molar refractivity (Wildman–Crippen MR) is 181 cm³/mol. The number of likely N-dealkylation sites (tertiary alicyclic amines) is 2. The lowest BCUT2D eigenvalue weighted by molar-refractivity contribution is -0.144. The average molecular weight is 623 g/mol. The Balaban J connectivity index is 1.13. The van der Waals surface area contributed by atoms with Gasteiger partial charge in [0.25, 0.3) is 0 Å². The second-order valence-electron chi connectivity index (χ2n) is 13.3. The van der Waals surface area contributed by atoms with E-state index in [-0.39, 0.29) is 30.2 Å². The van der Waals surface area contributed by atoms with E-state index in [9.17, 15) is 24.9 Å². The van der Waals surface area contributed by atoms with Gasteiger partial charge in [-0.25, -0.2) is 0 Å². The van der Waals surface area contributed by atoms with Crippen molar-refractivity contribution < 1.29 is 24.9 Å². The molecule has 0 saturated carbocycles. The first kappa shape index (κ1) is 32.2. The number of nitrogens with zero attached hydrogens (tertiary/aromatic N) is 2. The zero-order valence-corrected chi connectivity index (χ0v) is 26.9. The van der Waals surface area contributed by atoms with Crippen LogP contribution < -0.4 is 0 Å². The number of rotatable bonds is 10. The first-order valence-corrected chi connectivity index (χ1v) is 16.8. The number of carbonyl (C=O) groups excluding carboxylic acids is 2. The van der Waals surface area contributed by atoms with Gasteiger partial charge in [-0.2, -0.15) is 0 Å². The Hall–Kier alpha value is -3.78. The summed E-state index contributed by atoms with van der Waals surface area (Å²) in [5, 5.41) is 34.3. The molecule has 46 heavy (non-hydrogen) atoms. The third-order valence-corrected chi connectivity index (χ3v) is 10.6. The number of aromatic hydroxyl groups is 1. The molecule has 2 fully saturated rings. The van der Waals surface area contributed by atoms with Crippen LogP contribution in [-0.2, 0) is 16.1 Å². The van der Waals surface area contributed by atoms with Crippen molar-refractivity contribution in [2.75, 3.05) is 19.7 Å². The van der Waals surface area contributed by atoms with Crippen molar-refractivity contribution in [2.45, 2.75) is 71.1 Å². The monoisotopic (exact) mass is 622 g/mol. The molecule has 3 N–H and O–H groups in total. The number of aliphatic hydroxyl groups excluding tert-OH is 2. The van der Waals surface area contributed by atoms with Gasteiger partial charge in [0, 0.05) is 37.0 Å². The van der Waals surface area contributed by atoms with Crippen LogP contribution in [0.4, 0.5) is 0 Å². The van der Waals surface area contributed by atoms with E-state index in [2.05, 4.69) is 30.0 Å². The van der Waals surface area contributed by atoms with E-state index in [0.717, 1.165) is 66.4 Å². The van der Waals surface area contributed by atoms with Gasteiger partial charge in [-0.1, -0.05) is 84.8 Å². The van der Waals surface area contributed by atoms with E-state index in [1.165, 1.54) is 16.0 Å². The van der Waals surface area contributed by atoms with Crippen molar-refractivity contribution in [3.8, 4) is 5.75 Å².